The van der Waals surface area contributed by atoms with Crippen LogP contribution in [0.1, 0.15) is 19.3 Å². The Hall–Kier alpha value is -1.27. The first-order chi connectivity index (χ1) is 6.88. The van der Waals surface area contributed by atoms with Crippen LogP contribution < -0.4 is 0 Å². The third-order valence-electron chi connectivity index (χ3n) is 1.78. The molecule has 1 saturated heterocycles. The molecule has 0 radical (unpaired) electrons. The molecule has 0 aromatic carbocycles. The number of rotatable bonds is 1. The summed E-state index contributed by atoms with van der Waals surface area (Å²) in [6.07, 6.45) is -0.457. The standard InChI is InChI=1S/C6H11NO.C2HF3O2/c8-6-7-4-2-1-3-5-7;3-2(4,5)1(6)7/h6H,1-5H2;(H,6,7). The van der Waals surface area contributed by atoms with Gasteiger partial charge in [0.2, 0.25) is 6.41 Å². The summed E-state index contributed by atoms with van der Waals surface area (Å²) in [5, 5.41) is 7.12. The van der Waals surface area contributed by atoms with Crippen molar-refractivity contribution in [3.8, 4) is 0 Å². The topological polar surface area (TPSA) is 57.6 Å². The molecule has 0 bridgehead atoms. The highest BCUT2D eigenvalue weighted by Gasteiger charge is 2.38. The quantitative estimate of drug-likeness (QED) is 0.686. The van der Waals surface area contributed by atoms with Crippen LogP contribution in [0.25, 0.3) is 0 Å². The molecular formula is C8H12F3NO3. The fourth-order valence-corrected chi connectivity index (χ4v) is 1.02. The normalized spacial score (nSPS) is 16.3. The van der Waals surface area contributed by atoms with E-state index in [1.54, 1.807) is 0 Å². The number of hydrogen-bond donors (Lipinski definition) is 1. The minimum atomic E-state index is -5.08. The van der Waals surface area contributed by atoms with Gasteiger partial charge in [-0.2, -0.15) is 13.2 Å². The van der Waals surface area contributed by atoms with Crippen LogP contribution in [-0.2, 0) is 9.59 Å². The first-order valence-corrected chi connectivity index (χ1v) is 4.37. The van der Waals surface area contributed by atoms with Crippen molar-refractivity contribution in [2.24, 2.45) is 0 Å². The lowest BCUT2D eigenvalue weighted by atomic mass is 10.1. The molecule has 0 aliphatic carbocycles. The molecule has 0 aromatic rings. The fraction of sp³-hybridized carbons (Fsp3) is 0.750. The number of alkyl halides is 3. The van der Waals surface area contributed by atoms with E-state index in [4.69, 9.17) is 9.90 Å². The van der Waals surface area contributed by atoms with Gasteiger partial charge in [-0.25, -0.2) is 4.79 Å². The SMILES string of the molecule is O=C(O)C(F)(F)F.O=CN1CCCCC1. The number of hydrogen-bond acceptors (Lipinski definition) is 2. The van der Waals surface area contributed by atoms with Crippen molar-refractivity contribution in [1.82, 2.24) is 4.90 Å². The van der Waals surface area contributed by atoms with E-state index in [0.717, 1.165) is 19.5 Å². The molecule has 1 fully saturated rings. The molecule has 1 aliphatic rings. The van der Waals surface area contributed by atoms with Crippen LogP contribution >= 0.6 is 0 Å². The summed E-state index contributed by atoms with van der Waals surface area (Å²) >= 11 is 0. The maximum Gasteiger partial charge on any atom is 0.490 e. The van der Waals surface area contributed by atoms with Gasteiger partial charge in [-0.3, -0.25) is 4.79 Å². The van der Waals surface area contributed by atoms with Gasteiger partial charge in [-0.1, -0.05) is 0 Å². The first kappa shape index (κ1) is 13.7. The van der Waals surface area contributed by atoms with Gasteiger partial charge in [0.25, 0.3) is 0 Å². The number of carboxylic acids is 1. The van der Waals surface area contributed by atoms with Gasteiger partial charge >= 0.3 is 12.1 Å². The highest BCUT2D eigenvalue weighted by atomic mass is 19.4. The summed E-state index contributed by atoms with van der Waals surface area (Å²) in [6.45, 7) is 1.95. The molecule has 0 saturated carbocycles. The number of carbonyl (C=O) groups excluding carboxylic acids is 1. The van der Waals surface area contributed by atoms with Crippen LogP contribution in [0, 0.1) is 0 Å². The number of piperidine rings is 1. The van der Waals surface area contributed by atoms with Crippen LogP contribution in [-0.4, -0.2) is 41.7 Å². The molecule has 0 unspecified atom stereocenters. The second kappa shape index (κ2) is 6.26. The third kappa shape index (κ3) is 6.75. The minimum Gasteiger partial charge on any atom is -0.475 e. The summed E-state index contributed by atoms with van der Waals surface area (Å²) in [7, 11) is 0. The summed E-state index contributed by atoms with van der Waals surface area (Å²) in [6, 6.07) is 0. The summed E-state index contributed by atoms with van der Waals surface area (Å²) in [4.78, 5) is 20.8. The predicted octanol–water partition coefficient (Wildman–Crippen LogP) is 1.26. The molecule has 15 heavy (non-hydrogen) atoms. The van der Waals surface area contributed by atoms with E-state index >= 15 is 0 Å². The molecule has 1 aliphatic heterocycles. The van der Waals surface area contributed by atoms with Crippen molar-refractivity contribution in [3.63, 3.8) is 0 Å². The molecule has 1 rings (SSSR count). The van der Waals surface area contributed by atoms with Crippen molar-refractivity contribution in [2.45, 2.75) is 25.4 Å². The van der Waals surface area contributed by atoms with Crippen LogP contribution in [0.2, 0.25) is 0 Å². The van der Waals surface area contributed by atoms with Gasteiger partial charge in [-0.05, 0) is 19.3 Å². The Morgan fingerprint density at radius 1 is 1.20 bits per heavy atom. The highest BCUT2D eigenvalue weighted by molar-refractivity contribution is 5.73. The zero-order chi connectivity index (χ0) is 11.9. The van der Waals surface area contributed by atoms with Crippen LogP contribution in [0.5, 0.6) is 0 Å². The number of carboxylic acid groups (broad SMARTS) is 1. The molecule has 88 valence electrons. The van der Waals surface area contributed by atoms with Crippen LogP contribution in [0.15, 0.2) is 0 Å². The number of likely N-dealkylation sites (tertiary alicyclic amines) is 1. The Balaban J connectivity index is 0.000000265. The summed E-state index contributed by atoms with van der Waals surface area (Å²) < 4.78 is 31.7. The Labute approximate surface area is 84.7 Å². The van der Waals surface area contributed by atoms with E-state index in [9.17, 15) is 18.0 Å². The van der Waals surface area contributed by atoms with E-state index in [2.05, 4.69) is 0 Å². The summed E-state index contributed by atoms with van der Waals surface area (Å²) in [5.74, 6) is -2.76. The van der Waals surface area contributed by atoms with E-state index < -0.39 is 12.1 Å². The van der Waals surface area contributed by atoms with Gasteiger partial charge in [-0.15, -0.1) is 0 Å². The lowest BCUT2D eigenvalue weighted by Crippen LogP contribution is -2.27. The van der Waals surface area contributed by atoms with E-state index in [1.165, 1.54) is 19.3 Å². The average molecular weight is 227 g/mol. The van der Waals surface area contributed by atoms with E-state index in [1.807, 2.05) is 4.90 Å². The van der Waals surface area contributed by atoms with Crippen molar-refractivity contribution in [3.05, 3.63) is 0 Å². The van der Waals surface area contributed by atoms with Gasteiger partial charge < -0.3 is 10.0 Å². The molecule has 0 atom stereocenters. The van der Waals surface area contributed by atoms with Crippen molar-refractivity contribution in [1.29, 1.82) is 0 Å². The Morgan fingerprint density at radius 3 is 1.80 bits per heavy atom. The number of amides is 1. The molecule has 1 amide bonds. The maximum atomic E-state index is 10.6. The lowest BCUT2D eigenvalue weighted by Gasteiger charge is -2.21. The van der Waals surface area contributed by atoms with Crippen molar-refractivity contribution in [2.75, 3.05) is 13.1 Å². The summed E-state index contributed by atoms with van der Waals surface area (Å²) in [5.41, 5.74) is 0. The first-order valence-electron chi connectivity index (χ1n) is 4.37. The number of nitrogens with zero attached hydrogens (tertiary/aromatic N) is 1. The maximum absolute atomic E-state index is 10.6. The monoisotopic (exact) mass is 227 g/mol. The largest absolute Gasteiger partial charge is 0.490 e. The predicted molar refractivity (Wildman–Crippen MR) is 45.2 cm³/mol. The fourth-order valence-electron chi connectivity index (χ4n) is 1.02. The number of carbonyl (C=O) groups is 2. The van der Waals surface area contributed by atoms with Gasteiger partial charge in [0.15, 0.2) is 0 Å². The van der Waals surface area contributed by atoms with Crippen molar-refractivity contribution < 1.29 is 27.9 Å². The molecule has 0 aromatic heterocycles. The molecule has 7 heteroatoms. The van der Waals surface area contributed by atoms with Crippen LogP contribution in [0.4, 0.5) is 13.2 Å². The minimum absolute atomic E-state index is 0.944. The second-order valence-corrected chi connectivity index (χ2v) is 3.00. The van der Waals surface area contributed by atoms with Crippen LogP contribution in [0.3, 0.4) is 0 Å². The van der Waals surface area contributed by atoms with Crippen molar-refractivity contribution >= 4 is 12.4 Å². The lowest BCUT2D eigenvalue weighted by molar-refractivity contribution is -0.192. The second-order valence-electron chi connectivity index (χ2n) is 3.00. The van der Waals surface area contributed by atoms with E-state index in [-0.39, 0.29) is 0 Å². The third-order valence-corrected chi connectivity index (χ3v) is 1.78. The zero-order valence-corrected chi connectivity index (χ0v) is 7.96. The zero-order valence-electron chi connectivity index (χ0n) is 7.96. The smallest absolute Gasteiger partial charge is 0.475 e. The molecule has 1 heterocycles. The van der Waals surface area contributed by atoms with Gasteiger partial charge in [0.1, 0.15) is 0 Å². The number of halogens is 3. The van der Waals surface area contributed by atoms with Gasteiger partial charge in [0.05, 0.1) is 0 Å². The molecule has 1 N–H and O–H groups in total. The number of aliphatic carboxylic acids is 1. The molecular weight excluding hydrogens is 215 g/mol. The Morgan fingerprint density at radius 2 is 1.60 bits per heavy atom. The average Bonchev–Trinajstić information content (AvgIpc) is 2.18. The Bertz CT molecular complexity index is 212. The Kier molecular flexibility index (Phi) is 5.73. The van der Waals surface area contributed by atoms with Gasteiger partial charge in [0, 0.05) is 13.1 Å². The highest BCUT2D eigenvalue weighted by Crippen LogP contribution is 2.13. The molecule has 0 spiro atoms. The van der Waals surface area contributed by atoms with E-state index in [0.29, 0.717) is 0 Å². The molecule has 4 nitrogen and oxygen atoms in total.